The summed E-state index contributed by atoms with van der Waals surface area (Å²) in [6, 6.07) is 10.9. The standard InChI is InChI=1S/C19H20N2O5S/c1-12(13-5-6-13)20-19(22)14-3-2-4-16(9-14)27(23,24)21-15-7-8-17-18(10-15)26-11-25-17/h2-4,7-10,12-13,21H,5-6,11H2,1H3,(H,20,22). The first-order valence-electron chi connectivity index (χ1n) is 8.76. The maximum Gasteiger partial charge on any atom is 0.261 e. The summed E-state index contributed by atoms with van der Waals surface area (Å²) in [6.07, 6.45) is 2.24. The van der Waals surface area contributed by atoms with E-state index >= 15 is 0 Å². The van der Waals surface area contributed by atoms with Crippen LogP contribution >= 0.6 is 0 Å². The molecule has 2 aromatic carbocycles. The number of benzene rings is 2. The summed E-state index contributed by atoms with van der Waals surface area (Å²) in [7, 11) is -3.85. The molecule has 27 heavy (non-hydrogen) atoms. The molecule has 0 radical (unpaired) electrons. The Morgan fingerprint density at radius 3 is 2.67 bits per heavy atom. The molecule has 8 heteroatoms. The van der Waals surface area contributed by atoms with Crippen LogP contribution < -0.4 is 19.5 Å². The van der Waals surface area contributed by atoms with E-state index in [0.29, 0.717) is 28.7 Å². The minimum absolute atomic E-state index is 0.0203. The Labute approximate surface area is 157 Å². The van der Waals surface area contributed by atoms with Gasteiger partial charge in [-0.25, -0.2) is 8.42 Å². The van der Waals surface area contributed by atoms with Gasteiger partial charge < -0.3 is 14.8 Å². The van der Waals surface area contributed by atoms with Crippen molar-refractivity contribution >= 4 is 21.6 Å². The monoisotopic (exact) mass is 388 g/mol. The number of carbonyl (C=O) groups is 1. The van der Waals surface area contributed by atoms with E-state index in [1.54, 1.807) is 30.3 Å². The lowest BCUT2D eigenvalue weighted by atomic mass is 10.1. The topological polar surface area (TPSA) is 93.7 Å². The SMILES string of the molecule is CC(NC(=O)c1cccc(S(=O)(=O)Nc2ccc3c(c2)OCO3)c1)C1CC1. The largest absolute Gasteiger partial charge is 0.454 e. The second-order valence-electron chi connectivity index (χ2n) is 6.80. The number of amides is 1. The van der Waals surface area contributed by atoms with Crippen LogP contribution in [0.15, 0.2) is 47.4 Å². The molecule has 7 nitrogen and oxygen atoms in total. The maximum atomic E-state index is 12.7. The highest BCUT2D eigenvalue weighted by Gasteiger charge is 2.29. The van der Waals surface area contributed by atoms with Crippen molar-refractivity contribution in [2.45, 2.75) is 30.7 Å². The van der Waals surface area contributed by atoms with Crippen molar-refractivity contribution in [2.75, 3.05) is 11.5 Å². The molecule has 2 aliphatic rings. The summed E-state index contributed by atoms with van der Waals surface area (Å²) in [4.78, 5) is 12.4. The molecule has 4 rings (SSSR count). The van der Waals surface area contributed by atoms with Crippen molar-refractivity contribution in [3.8, 4) is 11.5 Å². The van der Waals surface area contributed by atoms with Crippen molar-refractivity contribution in [3.05, 3.63) is 48.0 Å². The first kappa shape index (κ1) is 17.7. The number of anilines is 1. The van der Waals surface area contributed by atoms with Gasteiger partial charge in [-0.3, -0.25) is 9.52 Å². The van der Waals surface area contributed by atoms with Gasteiger partial charge in [0.2, 0.25) is 6.79 Å². The van der Waals surface area contributed by atoms with E-state index < -0.39 is 10.0 Å². The van der Waals surface area contributed by atoms with Crippen molar-refractivity contribution in [3.63, 3.8) is 0 Å². The number of sulfonamides is 1. The number of carbonyl (C=O) groups excluding carboxylic acids is 1. The van der Waals surface area contributed by atoms with Crippen LogP contribution in [0.25, 0.3) is 0 Å². The van der Waals surface area contributed by atoms with E-state index in [1.807, 2.05) is 6.92 Å². The third-order valence-corrected chi connectivity index (χ3v) is 6.10. The highest BCUT2D eigenvalue weighted by Crippen LogP contribution is 2.35. The van der Waals surface area contributed by atoms with Gasteiger partial charge in [0.05, 0.1) is 10.6 Å². The Morgan fingerprint density at radius 2 is 1.89 bits per heavy atom. The molecule has 2 aromatic rings. The van der Waals surface area contributed by atoms with Crippen LogP contribution in [0, 0.1) is 5.92 Å². The van der Waals surface area contributed by atoms with Gasteiger partial charge in [-0.1, -0.05) is 6.07 Å². The average molecular weight is 388 g/mol. The molecule has 142 valence electrons. The Bertz CT molecular complexity index is 985. The molecule has 1 aliphatic heterocycles. The lowest BCUT2D eigenvalue weighted by Gasteiger charge is -2.14. The third kappa shape index (κ3) is 3.85. The normalized spacial score (nSPS) is 16.6. The first-order chi connectivity index (χ1) is 12.9. The van der Waals surface area contributed by atoms with Crippen LogP contribution in [0.2, 0.25) is 0 Å². The molecule has 2 N–H and O–H groups in total. The Kier molecular flexibility index (Phi) is 4.43. The lowest BCUT2D eigenvalue weighted by Crippen LogP contribution is -2.34. The number of hydrogen-bond acceptors (Lipinski definition) is 5. The second-order valence-corrected chi connectivity index (χ2v) is 8.48. The fourth-order valence-electron chi connectivity index (χ4n) is 2.98. The van der Waals surface area contributed by atoms with E-state index in [4.69, 9.17) is 9.47 Å². The summed E-state index contributed by atoms with van der Waals surface area (Å²) in [5.41, 5.74) is 0.674. The van der Waals surface area contributed by atoms with E-state index in [0.717, 1.165) is 12.8 Å². The molecule has 1 unspecified atom stereocenters. The van der Waals surface area contributed by atoms with Gasteiger partial charge in [-0.2, -0.15) is 0 Å². The van der Waals surface area contributed by atoms with Crippen molar-refractivity contribution in [1.82, 2.24) is 5.32 Å². The van der Waals surface area contributed by atoms with Crippen LogP contribution in [0.5, 0.6) is 11.5 Å². The molecule has 1 aliphatic carbocycles. The number of ether oxygens (including phenoxy) is 2. The van der Waals surface area contributed by atoms with E-state index in [9.17, 15) is 13.2 Å². The molecule has 0 spiro atoms. The molecule has 0 aromatic heterocycles. The van der Waals surface area contributed by atoms with Crippen LogP contribution in [-0.2, 0) is 10.0 Å². The minimum Gasteiger partial charge on any atom is -0.454 e. The number of rotatable bonds is 6. The number of nitrogens with one attached hydrogen (secondary N) is 2. The summed E-state index contributed by atoms with van der Waals surface area (Å²) < 4.78 is 38.4. The molecular formula is C19H20N2O5S. The lowest BCUT2D eigenvalue weighted by molar-refractivity contribution is 0.0935. The van der Waals surface area contributed by atoms with Crippen molar-refractivity contribution < 1.29 is 22.7 Å². The van der Waals surface area contributed by atoms with Gasteiger partial charge in [0.1, 0.15) is 0 Å². The molecule has 0 bridgehead atoms. The molecule has 1 atom stereocenters. The highest BCUT2D eigenvalue weighted by molar-refractivity contribution is 7.92. The molecule has 1 amide bonds. The van der Waals surface area contributed by atoms with Gasteiger partial charge in [0.25, 0.3) is 15.9 Å². The predicted molar refractivity (Wildman–Crippen MR) is 99.5 cm³/mol. The Morgan fingerprint density at radius 1 is 1.11 bits per heavy atom. The Balaban J connectivity index is 1.52. The highest BCUT2D eigenvalue weighted by atomic mass is 32.2. The van der Waals surface area contributed by atoms with Crippen molar-refractivity contribution in [1.29, 1.82) is 0 Å². The van der Waals surface area contributed by atoms with Gasteiger partial charge in [-0.05, 0) is 56.0 Å². The smallest absolute Gasteiger partial charge is 0.261 e. The minimum atomic E-state index is -3.85. The van der Waals surface area contributed by atoms with E-state index in [2.05, 4.69) is 10.0 Å². The quantitative estimate of drug-likeness (QED) is 0.794. The average Bonchev–Trinajstić information content (AvgIpc) is 3.40. The summed E-state index contributed by atoms with van der Waals surface area (Å²) in [5, 5.41) is 2.93. The van der Waals surface area contributed by atoms with Crippen LogP contribution in [0.4, 0.5) is 5.69 Å². The summed E-state index contributed by atoms with van der Waals surface area (Å²) in [5.74, 6) is 1.31. The van der Waals surface area contributed by atoms with E-state index in [-0.39, 0.29) is 23.6 Å². The molecule has 1 fully saturated rings. The Hall–Kier alpha value is -2.74. The number of fused-ring (bicyclic) bond motifs is 1. The predicted octanol–water partition coefficient (Wildman–Crippen LogP) is 2.74. The van der Waals surface area contributed by atoms with Gasteiger partial charge in [0, 0.05) is 17.7 Å². The van der Waals surface area contributed by atoms with Crippen LogP contribution in [0.3, 0.4) is 0 Å². The summed E-state index contributed by atoms with van der Waals surface area (Å²) in [6.45, 7) is 2.08. The van der Waals surface area contributed by atoms with E-state index in [1.165, 1.54) is 12.1 Å². The zero-order valence-corrected chi connectivity index (χ0v) is 15.6. The second kappa shape index (κ2) is 6.77. The fraction of sp³-hybridized carbons (Fsp3) is 0.316. The molecule has 1 saturated carbocycles. The molecular weight excluding hydrogens is 368 g/mol. The first-order valence-corrected chi connectivity index (χ1v) is 10.2. The zero-order chi connectivity index (χ0) is 19.0. The maximum absolute atomic E-state index is 12.7. The fourth-order valence-corrected chi connectivity index (χ4v) is 4.08. The molecule has 0 saturated heterocycles. The van der Waals surface area contributed by atoms with Gasteiger partial charge >= 0.3 is 0 Å². The van der Waals surface area contributed by atoms with Gasteiger partial charge in [-0.15, -0.1) is 0 Å². The number of hydrogen-bond donors (Lipinski definition) is 2. The van der Waals surface area contributed by atoms with Crippen LogP contribution in [-0.4, -0.2) is 27.2 Å². The third-order valence-electron chi connectivity index (χ3n) is 4.72. The zero-order valence-electron chi connectivity index (χ0n) is 14.8. The van der Waals surface area contributed by atoms with Crippen molar-refractivity contribution in [2.24, 2.45) is 5.92 Å². The van der Waals surface area contributed by atoms with Gasteiger partial charge in [0.15, 0.2) is 11.5 Å². The van der Waals surface area contributed by atoms with Crippen LogP contribution in [0.1, 0.15) is 30.1 Å². The summed E-state index contributed by atoms with van der Waals surface area (Å²) >= 11 is 0. The molecule has 1 heterocycles.